The minimum atomic E-state index is 0.416. The molecule has 2 rings (SSSR count). The summed E-state index contributed by atoms with van der Waals surface area (Å²) in [5.41, 5.74) is 1.05. The Bertz CT molecular complexity index is 342. The summed E-state index contributed by atoms with van der Waals surface area (Å²) in [5, 5.41) is 4.58. The second kappa shape index (κ2) is 3.35. The molecule has 0 bridgehead atoms. The van der Waals surface area contributed by atoms with Gasteiger partial charge in [0.05, 0.1) is 0 Å². The van der Waals surface area contributed by atoms with Gasteiger partial charge in [-0.3, -0.25) is 0 Å². The van der Waals surface area contributed by atoms with Crippen molar-refractivity contribution >= 4 is 29.2 Å². The van der Waals surface area contributed by atoms with Crippen molar-refractivity contribution in [2.45, 2.75) is 24.5 Å². The molecule has 0 fully saturated rings. The lowest BCUT2D eigenvalue weighted by Crippen LogP contribution is -2.09. The third kappa shape index (κ3) is 1.60. The largest absolute Gasteiger partial charge is 0.367 e. The van der Waals surface area contributed by atoms with E-state index < -0.39 is 0 Å². The molecule has 0 saturated carbocycles. The Morgan fingerprint density at radius 1 is 1.54 bits per heavy atom. The van der Waals surface area contributed by atoms with E-state index in [0.29, 0.717) is 11.2 Å². The number of hydrogen-bond acceptors (Lipinski definition) is 4. The summed E-state index contributed by atoms with van der Waals surface area (Å²) < 4.78 is 0. The number of hydrogen-bond donors (Lipinski definition) is 1. The van der Waals surface area contributed by atoms with Gasteiger partial charge in [0.25, 0.3) is 0 Å². The average Bonchev–Trinajstić information content (AvgIpc) is 2.46. The zero-order valence-electron chi connectivity index (χ0n) is 7.47. The van der Waals surface area contributed by atoms with Crippen molar-refractivity contribution in [3.05, 3.63) is 10.7 Å². The van der Waals surface area contributed by atoms with E-state index >= 15 is 0 Å². The normalized spacial score (nSPS) is 19.8. The van der Waals surface area contributed by atoms with Gasteiger partial charge in [-0.2, -0.15) is 0 Å². The van der Waals surface area contributed by atoms with E-state index in [1.165, 1.54) is 11.8 Å². The Hall–Kier alpha value is -0.480. The summed E-state index contributed by atoms with van der Waals surface area (Å²) in [6, 6.07) is 0.416. The van der Waals surface area contributed by atoms with Gasteiger partial charge in [-0.1, -0.05) is 23.4 Å². The summed E-state index contributed by atoms with van der Waals surface area (Å²) in [4.78, 5) is 8.51. The molecule has 1 N–H and O–H groups in total. The molecule has 0 spiro atoms. The van der Waals surface area contributed by atoms with Gasteiger partial charge in [-0.25, -0.2) is 9.97 Å². The van der Waals surface area contributed by atoms with Crippen LogP contribution in [-0.4, -0.2) is 22.3 Å². The average molecular weight is 216 g/mol. The Morgan fingerprint density at radius 3 is 3.00 bits per heavy atom. The molecule has 0 saturated heterocycles. The SMILES string of the molecule is CSc1nc(Cl)c2c(n1)NC(C)C2. The highest BCUT2D eigenvalue weighted by molar-refractivity contribution is 7.98. The number of fused-ring (bicyclic) bond motifs is 1. The van der Waals surface area contributed by atoms with Crippen LogP contribution in [-0.2, 0) is 6.42 Å². The van der Waals surface area contributed by atoms with Crippen molar-refractivity contribution in [3.63, 3.8) is 0 Å². The van der Waals surface area contributed by atoms with E-state index in [0.717, 1.165) is 23.0 Å². The number of anilines is 1. The maximum absolute atomic E-state index is 6.01. The van der Waals surface area contributed by atoms with E-state index in [1.54, 1.807) is 0 Å². The fraction of sp³-hybridized carbons (Fsp3) is 0.500. The van der Waals surface area contributed by atoms with Crippen LogP contribution in [0.5, 0.6) is 0 Å². The maximum Gasteiger partial charge on any atom is 0.190 e. The molecule has 1 atom stereocenters. The third-order valence-corrected chi connectivity index (χ3v) is 2.87. The quantitative estimate of drug-likeness (QED) is 0.443. The van der Waals surface area contributed by atoms with Crippen molar-refractivity contribution < 1.29 is 0 Å². The predicted octanol–water partition coefficient (Wildman–Crippen LogP) is 2.21. The zero-order chi connectivity index (χ0) is 9.42. The Balaban J connectivity index is 2.46. The molecule has 0 aliphatic carbocycles. The van der Waals surface area contributed by atoms with Crippen LogP contribution in [0, 0.1) is 0 Å². The molecule has 1 unspecified atom stereocenters. The second-order valence-electron chi connectivity index (χ2n) is 3.08. The van der Waals surface area contributed by atoms with E-state index in [9.17, 15) is 0 Å². The molecular weight excluding hydrogens is 206 g/mol. The predicted molar refractivity (Wildman–Crippen MR) is 55.6 cm³/mol. The van der Waals surface area contributed by atoms with Crippen LogP contribution in [0.2, 0.25) is 5.15 Å². The van der Waals surface area contributed by atoms with Gasteiger partial charge in [0, 0.05) is 11.6 Å². The smallest absolute Gasteiger partial charge is 0.190 e. The van der Waals surface area contributed by atoms with Crippen LogP contribution >= 0.6 is 23.4 Å². The molecular formula is C8H10ClN3S. The van der Waals surface area contributed by atoms with E-state index in [1.807, 2.05) is 6.26 Å². The Morgan fingerprint density at radius 2 is 2.31 bits per heavy atom. The number of rotatable bonds is 1. The summed E-state index contributed by atoms with van der Waals surface area (Å²) in [7, 11) is 0. The Kier molecular flexibility index (Phi) is 2.34. The molecule has 3 nitrogen and oxygen atoms in total. The topological polar surface area (TPSA) is 37.8 Å². The van der Waals surface area contributed by atoms with Gasteiger partial charge in [-0.15, -0.1) is 0 Å². The number of nitrogens with zero attached hydrogens (tertiary/aromatic N) is 2. The molecule has 2 heterocycles. The van der Waals surface area contributed by atoms with Gasteiger partial charge in [0.2, 0.25) is 0 Å². The second-order valence-corrected chi connectivity index (χ2v) is 4.21. The van der Waals surface area contributed by atoms with Crippen LogP contribution in [0.4, 0.5) is 5.82 Å². The lowest BCUT2D eigenvalue weighted by atomic mass is 10.2. The van der Waals surface area contributed by atoms with Crippen LogP contribution in [0.3, 0.4) is 0 Å². The van der Waals surface area contributed by atoms with Crippen molar-refractivity contribution in [2.24, 2.45) is 0 Å². The fourth-order valence-corrected chi connectivity index (χ4v) is 2.08. The van der Waals surface area contributed by atoms with Crippen molar-refractivity contribution in [3.8, 4) is 0 Å². The molecule has 1 aromatic rings. The van der Waals surface area contributed by atoms with Gasteiger partial charge >= 0.3 is 0 Å². The standard InChI is InChI=1S/C8H10ClN3S/c1-4-3-5-6(9)11-8(13-2)12-7(5)10-4/h4H,3H2,1-2H3,(H,10,11,12). The fourth-order valence-electron chi connectivity index (χ4n) is 1.42. The van der Waals surface area contributed by atoms with Crippen molar-refractivity contribution in [2.75, 3.05) is 11.6 Å². The first-order chi connectivity index (χ1) is 6.20. The molecule has 0 amide bonds. The minimum absolute atomic E-state index is 0.416. The van der Waals surface area contributed by atoms with E-state index in [4.69, 9.17) is 11.6 Å². The van der Waals surface area contributed by atoms with Crippen LogP contribution < -0.4 is 5.32 Å². The van der Waals surface area contributed by atoms with Crippen molar-refractivity contribution in [1.82, 2.24) is 9.97 Å². The molecule has 13 heavy (non-hydrogen) atoms. The zero-order valence-corrected chi connectivity index (χ0v) is 9.04. The highest BCUT2D eigenvalue weighted by Gasteiger charge is 2.22. The number of nitrogens with one attached hydrogen (secondary N) is 1. The van der Waals surface area contributed by atoms with Crippen LogP contribution in [0.25, 0.3) is 0 Å². The maximum atomic E-state index is 6.01. The highest BCUT2D eigenvalue weighted by atomic mass is 35.5. The Labute approximate surface area is 86.3 Å². The molecule has 0 radical (unpaired) electrons. The summed E-state index contributed by atoms with van der Waals surface area (Å²) >= 11 is 7.52. The molecule has 1 aliphatic rings. The first kappa shape index (κ1) is 9.09. The van der Waals surface area contributed by atoms with Gasteiger partial charge in [-0.05, 0) is 19.6 Å². The molecule has 70 valence electrons. The minimum Gasteiger partial charge on any atom is -0.367 e. The number of aromatic nitrogens is 2. The lowest BCUT2D eigenvalue weighted by Gasteiger charge is -2.02. The van der Waals surface area contributed by atoms with Crippen LogP contribution in [0.1, 0.15) is 12.5 Å². The third-order valence-electron chi connectivity index (χ3n) is 2.01. The molecule has 5 heteroatoms. The monoisotopic (exact) mass is 215 g/mol. The first-order valence-electron chi connectivity index (χ1n) is 4.07. The lowest BCUT2D eigenvalue weighted by molar-refractivity contribution is 0.837. The van der Waals surface area contributed by atoms with Gasteiger partial charge < -0.3 is 5.32 Å². The summed E-state index contributed by atoms with van der Waals surface area (Å²) in [6.07, 6.45) is 2.86. The number of thioether (sulfide) groups is 1. The highest BCUT2D eigenvalue weighted by Crippen LogP contribution is 2.30. The summed E-state index contributed by atoms with van der Waals surface area (Å²) in [5.74, 6) is 0.900. The molecule has 0 aromatic carbocycles. The molecule has 1 aliphatic heterocycles. The van der Waals surface area contributed by atoms with E-state index in [2.05, 4.69) is 22.2 Å². The number of halogens is 1. The molecule has 1 aromatic heterocycles. The van der Waals surface area contributed by atoms with Crippen LogP contribution in [0.15, 0.2) is 5.16 Å². The first-order valence-corrected chi connectivity index (χ1v) is 5.68. The summed E-state index contributed by atoms with van der Waals surface area (Å²) in [6.45, 7) is 2.11. The van der Waals surface area contributed by atoms with Gasteiger partial charge in [0.1, 0.15) is 11.0 Å². The van der Waals surface area contributed by atoms with Gasteiger partial charge in [0.15, 0.2) is 5.16 Å². The van der Waals surface area contributed by atoms with Crippen molar-refractivity contribution in [1.29, 1.82) is 0 Å². The van der Waals surface area contributed by atoms with E-state index in [-0.39, 0.29) is 0 Å².